The van der Waals surface area contributed by atoms with Crippen LogP contribution < -0.4 is 9.47 Å². The zero-order chi connectivity index (χ0) is 26.0. The second-order valence-electron chi connectivity index (χ2n) is 9.07. The van der Waals surface area contributed by atoms with Crippen molar-refractivity contribution in [1.29, 1.82) is 0 Å². The number of amidine groups is 1. The molecule has 4 aromatic carbocycles. The van der Waals surface area contributed by atoms with Gasteiger partial charge in [-0.2, -0.15) is 0 Å². The van der Waals surface area contributed by atoms with E-state index in [0.717, 1.165) is 41.2 Å². The molecular formula is C32H34N2O2S. The Morgan fingerprint density at radius 1 is 0.676 bits per heavy atom. The van der Waals surface area contributed by atoms with Gasteiger partial charge >= 0.3 is 0 Å². The number of hydrogen-bond donors (Lipinski definition) is 0. The lowest BCUT2D eigenvalue weighted by Gasteiger charge is -2.26. The van der Waals surface area contributed by atoms with Crippen LogP contribution in [0.15, 0.2) is 102 Å². The van der Waals surface area contributed by atoms with Crippen molar-refractivity contribution in [3.05, 3.63) is 125 Å². The van der Waals surface area contributed by atoms with Gasteiger partial charge in [-0.15, -0.1) is 0 Å². The van der Waals surface area contributed by atoms with Crippen molar-refractivity contribution in [3.8, 4) is 11.5 Å². The van der Waals surface area contributed by atoms with Gasteiger partial charge in [-0.25, -0.2) is 4.99 Å². The van der Waals surface area contributed by atoms with Gasteiger partial charge in [-0.05, 0) is 78.1 Å². The molecule has 5 heteroatoms. The van der Waals surface area contributed by atoms with Gasteiger partial charge < -0.3 is 14.4 Å². The first kappa shape index (κ1) is 26.4. The number of thioether (sulfide) groups is 1. The van der Waals surface area contributed by atoms with Gasteiger partial charge in [0.2, 0.25) is 0 Å². The van der Waals surface area contributed by atoms with Crippen molar-refractivity contribution in [2.45, 2.75) is 32.7 Å². The summed E-state index contributed by atoms with van der Waals surface area (Å²) in [6.45, 7) is 5.69. The first-order valence-corrected chi connectivity index (χ1v) is 13.4. The highest BCUT2D eigenvalue weighted by atomic mass is 32.2. The molecule has 190 valence electrons. The summed E-state index contributed by atoms with van der Waals surface area (Å²) in [6.07, 6.45) is 0. The van der Waals surface area contributed by atoms with Gasteiger partial charge in [-0.1, -0.05) is 72.4 Å². The summed E-state index contributed by atoms with van der Waals surface area (Å²) in [5, 5.41) is 0.987. The van der Waals surface area contributed by atoms with Crippen LogP contribution in [0.4, 0.5) is 5.69 Å². The molecule has 0 saturated heterocycles. The molecule has 0 bridgehead atoms. The van der Waals surface area contributed by atoms with Crippen LogP contribution in [0.3, 0.4) is 0 Å². The molecule has 0 aliphatic carbocycles. The Labute approximate surface area is 225 Å². The van der Waals surface area contributed by atoms with Crippen LogP contribution in [0.5, 0.6) is 11.5 Å². The first-order valence-electron chi connectivity index (χ1n) is 12.4. The number of benzene rings is 4. The number of ether oxygens (including phenoxy) is 2. The number of aliphatic imine (C=N–C) groups is 1. The second-order valence-corrected chi connectivity index (χ2v) is 10.0. The molecular weight excluding hydrogens is 476 g/mol. The molecule has 0 aliphatic heterocycles. The van der Waals surface area contributed by atoms with E-state index in [1.165, 1.54) is 27.8 Å². The number of hydrogen-bond acceptors (Lipinski definition) is 4. The van der Waals surface area contributed by atoms with Gasteiger partial charge in [0.25, 0.3) is 0 Å². The third kappa shape index (κ3) is 7.89. The molecule has 0 aliphatic rings. The van der Waals surface area contributed by atoms with Gasteiger partial charge in [0, 0.05) is 18.8 Å². The molecule has 0 spiro atoms. The zero-order valence-corrected chi connectivity index (χ0v) is 22.8. The second kappa shape index (κ2) is 13.0. The Morgan fingerprint density at radius 2 is 1.19 bits per heavy atom. The maximum Gasteiger partial charge on any atom is 0.165 e. The third-order valence-electron chi connectivity index (χ3n) is 5.98. The van der Waals surface area contributed by atoms with Crippen LogP contribution >= 0.6 is 11.8 Å². The van der Waals surface area contributed by atoms with Crippen molar-refractivity contribution in [1.82, 2.24) is 4.90 Å². The topological polar surface area (TPSA) is 34.1 Å². The van der Waals surface area contributed by atoms with Crippen molar-refractivity contribution < 1.29 is 9.47 Å². The average molecular weight is 511 g/mol. The van der Waals surface area contributed by atoms with Crippen LogP contribution in [0, 0.1) is 13.8 Å². The van der Waals surface area contributed by atoms with Crippen molar-refractivity contribution >= 4 is 22.6 Å². The molecule has 0 aromatic heterocycles. The number of rotatable bonds is 9. The van der Waals surface area contributed by atoms with Crippen LogP contribution in [-0.4, -0.2) is 24.3 Å². The van der Waals surface area contributed by atoms with Crippen LogP contribution in [-0.2, 0) is 18.8 Å². The lowest BCUT2D eigenvalue weighted by atomic mass is 10.1. The highest BCUT2D eigenvalue weighted by molar-refractivity contribution is 8.13. The van der Waals surface area contributed by atoms with Crippen molar-refractivity contribution in [2.75, 3.05) is 14.2 Å². The average Bonchev–Trinajstić information content (AvgIpc) is 2.91. The molecule has 0 heterocycles. The molecule has 4 rings (SSSR count). The fraction of sp³-hybridized carbons (Fsp3) is 0.219. The Morgan fingerprint density at radius 3 is 1.68 bits per heavy atom. The van der Waals surface area contributed by atoms with E-state index < -0.39 is 0 Å². The van der Waals surface area contributed by atoms with E-state index in [1.54, 1.807) is 26.0 Å². The van der Waals surface area contributed by atoms with E-state index >= 15 is 0 Å². The summed E-state index contributed by atoms with van der Waals surface area (Å²) in [7, 11) is 3.39. The van der Waals surface area contributed by atoms with Gasteiger partial charge in [0.1, 0.15) is 11.5 Å². The summed E-state index contributed by atoms with van der Waals surface area (Å²) in [5.74, 6) is 2.55. The minimum absolute atomic E-state index is 0.724. The summed E-state index contributed by atoms with van der Waals surface area (Å²) >= 11 is 1.77. The van der Waals surface area contributed by atoms with E-state index in [4.69, 9.17) is 14.5 Å². The fourth-order valence-electron chi connectivity index (χ4n) is 4.14. The largest absolute Gasteiger partial charge is 0.497 e. The minimum Gasteiger partial charge on any atom is -0.497 e. The monoisotopic (exact) mass is 510 g/mol. The molecule has 37 heavy (non-hydrogen) atoms. The summed E-state index contributed by atoms with van der Waals surface area (Å²) in [4.78, 5) is 7.57. The first-order chi connectivity index (χ1) is 18.0. The molecule has 0 radical (unpaired) electrons. The predicted molar refractivity (Wildman–Crippen MR) is 156 cm³/mol. The van der Waals surface area contributed by atoms with Crippen LogP contribution in [0.1, 0.15) is 27.8 Å². The maximum atomic E-state index is 5.37. The zero-order valence-electron chi connectivity index (χ0n) is 22.0. The predicted octanol–water partition coefficient (Wildman–Crippen LogP) is 7.94. The maximum absolute atomic E-state index is 5.37. The third-order valence-corrected chi connectivity index (χ3v) is 7.06. The minimum atomic E-state index is 0.724. The smallest absolute Gasteiger partial charge is 0.165 e. The molecule has 4 nitrogen and oxygen atoms in total. The molecule has 0 N–H and O–H groups in total. The Bertz CT molecular complexity index is 1230. The molecule has 0 atom stereocenters. The molecule has 0 fully saturated rings. The van der Waals surface area contributed by atoms with E-state index in [9.17, 15) is 0 Å². The summed E-state index contributed by atoms with van der Waals surface area (Å²) in [6, 6.07) is 33.6. The Hall–Kier alpha value is -3.70. The lowest BCUT2D eigenvalue weighted by Crippen LogP contribution is -2.28. The van der Waals surface area contributed by atoms with E-state index in [0.29, 0.717) is 0 Å². The van der Waals surface area contributed by atoms with E-state index in [1.807, 2.05) is 24.3 Å². The fourth-order valence-corrected chi connectivity index (χ4v) is 5.11. The summed E-state index contributed by atoms with van der Waals surface area (Å²) < 4.78 is 10.7. The number of methoxy groups -OCH3 is 2. The quantitative estimate of drug-likeness (QED) is 0.169. The normalized spacial score (nSPS) is 11.3. The van der Waals surface area contributed by atoms with Crippen LogP contribution in [0.25, 0.3) is 0 Å². The van der Waals surface area contributed by atoms with Crippen LogP contribution in [0.2, 0.25) is 0 Å². The molecule has 4 aromatic rings. The highest BCUT2D eigenvalue weighted by Crippen LogP contribution is 2.26. The Balaban J connectivity index is 1.71. The van der Waals surface area contributed by atoms with Crippen molar-refractivity contribution in [2.24, 2.45) is 4.99 Å². The van der Waals surface area contributed by atoms with E-state index in [2.05, 4.69) is 91.5 Å². The van der Waals surface area contributed by atoms with Gasteiger partial charge in [-0.3, -0.25) is 0 Å². The van der Waals surface area contributed by atoms with Gasteiger partial charge in [0.05, 0.1) is 19.9 Å². The number of nitrogens with zero attached hydrogens (tertiary/aromatic N) is 2. The lowest BCUT2D eigenvalue weighted by molar-refractivity contribution is 0.405. The number of aryl methyl sites for hydroxylation is 2. The summed E-state index contributed by atoms with van der Waals surface area (Å²) in [5.41, 5.74) is 7.06. The standard InChI is InChI=1S/C32H34N2O2S/c1-24-18-25(2)20-29(19-24)33-32(37-23-28-8-6-5-7-9-28)34(21-26-10-14-30(35-3)15-11-26)22-27-12-16-31(36-4)17-13-27/h5-20H,21-23H2,1-4H3. The Kier molecular flexibility index (Phi) is 9.28. The molecule has 0 unspecified atom stereocenters. The van der Waals surface area contributed by atoms with E-state index in [-0.39, 0.29) is 0 Å². The van der Waals surface area contributed by atoms with Gasteiger partial charge in [0.15, 0.2) is 5.17 Å². The van der Waals surface area contributed by atoms with Crippen molar-refractivity contribution in [3.63, 3.8) is 0 Å². The molecule has 0 saturated carbocycles. The molecule has 0 amide bonds. The SMILES string of the molecule is COc1ccc(CN(Cc2ccc(OC)cc2)C(=Nc2cc(C)cc(C)c2)SCc2ccccc2)cc1. The highest BCUT2D eigenvalue weighted by Gasteiger charge is 2.16.